The monoisotopic (exact) mass is 222 g/mol. The first-order valence-electron chi connectivity index (χ1n) is 1.33. The first-order chi connectivity index (χ1) is 3.06. The summed E-state index contributed by atoms with van der Waals surface area (Å²) in [5, 5.41) is 0. The van der Waals surface area contributed by atoms with Gasteiger partial charge in [-0.1, -0.05) is 0 Å². The van der Waals surface area contributed by atoms with E-state index in [0.29, 0.717) is 0 Å². The van der Waals surface area contributed by atoms with E-state index in [1.54, 1.807) is 0 Å². The Kier molecular flexibility index (Phi) is 3.51. The predicted octanol–water partition coefficient (Wildman–Crippen LogP) is 2.13. The van der Waals surface area contributed by atoms with Crippen molar-refractivity contribution in [1.29, 1.82) is 0 Å². The standard InChI is InChI=1S/C2H2AsCl3O/c4-2-1-3(5,6)7/h1-2H/b2-1+. The minimum atomic E-state index is -3.56. The topological polar surface area (TPSA) is 17.1 Å². The molecule has 0 heterocycles. The van der Waals surface area contributed by atoms with Crippen LogP contribution < -0.4 is 0 Å². The van der Waals surface area contributed by atoms with E-state index in [0.717, 1.165) is 10.4 Å². The van der Waals surface area contributed by atoms with Crippen LogP contribution in [0, 0.1) is 0 Å². The van der Waals surface area contributed by atoms with Crippen LogP contribution in [0.4, 0.5) is 0 Å². The zero-order valence-electron chi connectivity index (χ0n) is 3.14. The fraction of sp³-hybridized carbons (Fsp3) is 0. The van der Waals surface area contributed by atoms with Crippen LogP contribution in [0.15, 0.2) is 10.4 Å². The molecule has 7 heavy (non-hydrogen) atoms. The van der Waals surface area contributed by atoms with E-state index >= 15 is 0 Å². The van der Waals surface area contributed by atoms with Crippen molar-refractivity contribution >= 4 is 43.1 Å². The summed E-state index contributed by atoms with van der Waals surface area (Å²) in [5.41, 5.74) is 1.06. The number of rotatable bonds is 1. The summed E-state index contributed by atoms with van der Waals surface area (Å²) in [6.07, 6.45) is 0. The van der Waals surface area contributed by atoms with Crippen LogP contribution in [0.3, 0.4) is 0 Å². The molecule has 0 fully saturated rings. The average Bonchev–Trinajstić information content (AvgIpc) is 1.30. The molecule has 0 N–H and O–H groups in total. The maximum absolute atomic E-state index is 10.2. The Labute approximate surface area is 57.2 Å². The normalized spacial score (nSPS) is 13.0. The molecule has 0 saturated carbocycles. The van der Waals surface area contributed by atoms with Gasteiger partial charge in [0.05, 0.1) is 0 Å². The molecule has 0 aliphatic carbocycles. The fourth-order valence-corrected chi connectivity index (χ4v) is 2.35. The van der Waals surface area contributed by atoms with E-state index in [1.165, 1.54) is 0 Å². The molecular formula is C2H2AsCl3O. The number of hydrogen-bond acceptors (Lipinski definition) is 1. The quantitative estimate of drug-likeness (QED) is 0.622. The molecule has 0 spiro atoms. The Morgan fingerprint density at radius 2 is 1.86 bits per heavy atom. The van der Waals surface area contributed by atoms with Crippen LogP contribution in [-0.4, -0.2) is 11.6 Å². The third kappa shape index (κ3) is 6.97. The van der Waals surface area contributed by atoms with Crippen LogP contribution in [-0.2, 0) is 3.74 Å². The minimum absolute atomic E-state index is 1.06. The predicted molar refractivity (Wildman–Crippen MR) is 33.1 cm³/mol. The van der Waals surface area contributed by atoms with Gasteiger partial charge >= 0.3 is 57.2 Å². The summed E-state index contributed by atoms with van der Waals surface area (Å²) in [6, 6.07) is 0. The average molecular weight is 223 g/mol. The van der Waals surface area contributed by atoms with E-state index < -0.39 is 11.6 Å². The van der Waals surface area contributed by atoms with Gasteiger partial charge in [-0.2, -0.15) is 0 Å². The molecule has 0 aliphatic heterocycles. The van der Waals surface area contributed by atoms with E-state index in [2.05, 4.69) is 0 Å². The van der Waals surface area contributed by atoms with Crippen LogP contribution in [0.2, 0.25) is 0 Å². The molecule has 0 radical (unpaired) electrons. The molecule has 0 atom stereocenters. The zero-order valence-corrected chi connectivity index (χ0v) is 7.29. The summed E-state index contributed by atoms with van der Waals surface area (Å²) >= 11 is 1.42. The summed E-state index contributed by atoms with van der Waals surface area (Å²) in [7, 11) is 10.1. The molecule has 0 aromatic rings. The molecule has 0 saturated heterocycles. The van der Waals surface area contributed by atoms with Crippen molar-refractivity contribution < 1.29 is 3.74 Å². The summed E-state index contributed by atoms with van der Waals surface area (Å²) in [4.78, 5) is 1.10. The van der Waals surface area contributed by atoms with Gasteiger partial charge in [0.25, 0.3) is 0 Å². The Bertz CT molecular complexity index is 114. The Morgan fingerprint density at radius 1 is 1.43 bits per heavy atom. The third-order valence-electron chi connectivity index (χ3n) is 0.230. The second-order valence-electron chi connectivity index (χ2n) is 0.778. The van der Waals surface area contributed by atoms with Crippen molar-refractivity contribution in [2.45, 2.75) is 0 Å². The van der Waals surface area contributed by atoms with Crippen LogP contribution in [0.1, 0.15) is 0 Å². The van der Waals surface area contributed by atoms with Crippen molar-refractivity contribution in [2.24, 2.45) is 0 Å². The number of halogens is 3. The van der Waals surface area contributed by atoms with Gasteiger partial charge in [-0.05, 0) is 0 Å². The molecule has 0 rings (SSSR count). The van der Waals surface area contributed by atoms with Gasteiger partial charge in [0.15, 0.2) is 0 Å². The Morgan fingerprint density at radius 3 is 1.86 bits per heavy atom. The molecule has 0 aromatic heterocycles. The molecule has 0 unspecified atom stereocenters. The van der Waals surface area contributed by atoms with E-state index in [4.69, 9.17) is 31.5 Å². The molecular weight excluding hydrogens is 221 g/mol. The summed E-state index contributed by atoms with van der Waals surface area (Å²) < 4.78 is 10.2. The van der Waals surface area contributed by atoms with Crippen molar-refractivity contribution in [3.05, 3.63) is 10.4 Å². The van der Waals surface area contributed by atoms with Crippen LogP contribution in [0.5, 0.6) is 0 Å². The number of hydrogen-bond donors (Lipinski definition) is 0. The van der Waals surface area contributed by atoms with Gasteiger partial charge < -0.3 is 0 Å². The van der Waals surface area contributed by atoms with E-state index in [-0.39, 0.29) is 0 Å². The van der Waals surface area contributed by atoms with Gasteiger partial charge in [-0.25, -0.2) is 0 Å². The second-order valence-corrected chi connectivity index (χ2v) is 9.88. The fourth-order valence-electron chi connectivity index (χ4n) is 0.0656. The Balaban J connectivity index is 3.82. The first kappa shape index (κ1) is 7.97. The molecule has 42 valence electrons. The van der Waals surface area contributed by atoms with Gasteiger partial charge in [0, 0.05) is 0 Å². The van der Waals surface area contributed by atoms with Crippen molar-refractivity contribution in [3.8, 4) is 0 Å². The maximum atomic E-state index is 10.2. The molecule has 0 bridgehead atoms. The van der Waals surface area contributed by atoms with Crippen molar-refractivity contribution in [2.75, 3.05) is 0 Å². The van der Waals surface area contributed by atoms with Gasteiger partial charge in [0.2, 0.25) is 0 Å². The van der Waals surface area contributed by atoms with Gasteiger partial charge in [-0.15, -0.1) is 0 Å². The van der Waals surface area contributed by atoms with Crippen LogP contribution >= 0.6 is 31.5 Å². The SMILES string of the molecule is O=[As](Cl)(Cl)/C=C/Cl. The Hall–Kier alpha value is 0.968. The zero-order chi connectivity index (χ0) is 5.91. The first-order valence-corrected chi connectivity index (χ1v) is 8.55. The summed E-state index contributed by atoms with van der Waals surface area (Å²) in [6.45, 7) is 0. The van der Waals surface area contributed by atoms with Crippen molar-refractivity contribution in [1.82, 2.24) is 0 Å². The molecule has 1 nitrogen and oxygen atoms in total. The summed E-state index contributed by atoms with van der Waals surface area (Å²) in [5.74, 6) is 0. The molecule has 0 amide bonds. The van der Waals surface area contributed by atoms with Gasteiger partial charge in [0.1, 0.15) is 0 Å². The second kappa shape index (κ2) is 3.09. The van der Waals surface area contributed by atoms with Crippen LogP contribution in [0.25, 0.3) is 0 Å². The molecule has 5 heteroatoms. The van der Waals surface area contributed by atoms with E-state index in [9.17, 15) is 3.74 Å². The van der Waals surface area contributed by atoms with Gasteiger partial charge in [-0.3, -0.25) is 0 Å². The molecule has 0 aromatic carbocycles. The van der Waals surface area contributed by atoms with Crippen molar-refractivity contribution in [3.63, 3.8) is 0 Å². The third-order valence-corrected chi connectivity index (χ3v) is 2.95. The molecule has 0 aliphatic rings. The van der Waals surface area contributed by atoms with E-state index in [1.807, 2.05) is 0 Å².